The van der Waals surface area contributed by atoms with Crippen molar-refractivity contribution in [3.63, 3.8) is 0 Å². The SMILES string of the molecule is CC(=O)C(Oc1cccc(-c2ccc(Cl)cc2)c1)=C(C)C.O=C(O)C1Cc2ccc(-c3ccc(Cl)cc3)cc2C1. The maximum atomic E-state index is 11.6. The van der Waals surface area contributed by atoms with E-state index in [1.165, 1.54) is 6.92 Å². The van der Waals surface area contributed by atoms with Crippen molar-refractivity contribution in [2.75, 3.05) is 0 Å². The Morgan fingerprint density at radius 3 is 1.75 bits per heavy atom. The number of carbonyl (C=O) groups is 2. The molecule has 1 aliphatic carbocycles. The van der Waals surface area contributed by atoms with E-state index in [4.69, 9.17) is 33.0 Å². The van der Waals surface area contributed by atoms with Gasteiger partial charge in [0, 0.05) is 17.0 Å². The standard InChI is InChI=1S/C18H17ClO2.C16H13ClO2/c1-12(2)18(13(3)20)21-17-6-4-5-15(11-17)14-7-9-16(19)10-8-14;17-15-5-3-10(4-6-15)11-1-2-12-8-14(16(18)19)9-13(12)7-11/h4-11H,1-3H3;1-7,14H,8-9H2,(H,18,19). The number of ketones is 1. The molecular weight excluding hydrogens is 543 g/mol. The molecule has 5 rings (SSSR count). The number of halogens is 2. The first-order valence-electron chi connectivity index (χ1n) is 12.9. The average molecular weight is 574 g/mol. The van der Waals surface area contributed by atoms with E-state index >= 15 is 0 Å². The zero-order chi connectivity index (χ0) is 28.8. The zero-order valence-electron chi connectivity index (χ0n) is 22.6. The van der Waals surface area contributed by atoms with Gasteiger partial charge in [-0.1, -0.05) is 77.8 Å². The molecule has 4 aromatic carbocycles. The van der Waals surface area contributed by atoms with E-state index in [1.807, 2.05) is 98.8 Å². The Hall–Kier alpha value is -3.86. The summed E-state index contributed by atoms with van der Waals surface area (Å²) < 4.78 is 5.73. The lowest BCUT2D eigenvalue weighted by molar-refractivity contribution is -0.141. The predicted octanol–water partition coefficient (Wildman–Crippen LogP) is 9.08. The van der Waals surface area contributed by atoms with Gasteiger partial charge in [-0.3, -0.25) is 9.59 Å². The minimum absolute atomic E-state index is 0.0769. The number of allylic oxidation sites excluding steroid dienone is 2. The summed E-state index contributed by atoms with van der Waals surface area (Å²) in [4.78, 5) is 22.6. The number of aliphatic carboxylic acids is 1. The number of carbonyl (C=O) groups excluding carboxylic acids is 1. The summed E-state index contributed by atoms with van der Waals surface area (Å²) in [7, 11) is 0. The molecule has 0 aliphatic heterocycles. The van der Waals surface area contributed by atoms with Crippen LogP contribution >= 0.6 is 23.2 Å². The van der Waals surface area contributed by atoms with E-state index in [2.05, 4.69) is 6.07 Å². The fourth-order valence-corrected chi connectivity index (χ4v) is 4.89. The fraction of sp³-hybridized carbons (Fsp3) is 0.176. The molecule has 40 heavy (non-hydrogen) atoms. The van der Waals surface area contributed by atoms with Gasteiger partial charge < -0.3 is 9.84 Å². The Kier molecular flexibility index (Phi) is 9.46. The van der Waals surface area contributed by atoms with Gasteiger partial charge in [0.2, 0.25) is 0 Å². The number of carboxylic acid groups (broad SMARTS) is 1. The minimum atomic E-state index is -0.704. The molecule has 0 fully saturated rings. The van der Waals surface area contributed by atoms with E-state index < -0.39 is 5.97 Å². The number of carboxylic acids is 1. The van der Waals surface area contributed by atoms with Gasteiger partial charge >= 0.3 is 5.97 Å². The van der Waals surface area contributed by atoms with Crippen LogP contribution in [0.2, 0.25) is 10.0 Å². The predicted molar refractivity (Wildman–Crippen MR) is 162 cm³/mol. The van der Waals surface area contributed by atoms with Crippen molar-refractivity contribution in [1.29, 1.82) is 0 Å². The molecule has 0 spiro atoms. The van der Waals surface area contributed by atoms with Gasteiger partial charge in [-0.15, -0.1) is 0 Å². The summed E-state index contributed by atoms with van der Waals surface area (Å²) in [6.45, 7) is 5.23. The van der Waals surface area contributed by atoms with Gasteiger partial charge in [-0.2, -0.15) is 0 Å². The van der Waals surface area contributed by atoms with E-state index in [9.17, 15) is 9.59 Å². The summed E-state index contributed by atoms with van der Waals surface area (Å²) >= 11 is 11.8. The molecule has 0 saturated heterocycles. The summed E-state index contributed by atoms with van der Waals surface area (Å²) in [5, 5.41) is 10.5. The van der Waals surface area contributed by atoms with Crippen molar-refractivity contribution < 1.29 is 19.4 Å². The van der Waals surface area contributed by atoms with Gasteiger partial charge in [0.15, 0.2) is 11.5 Å². The number of benzene rings is 4. The second kappa shape index (κ2) is 13.0. The lowest BCUT2D eigenvalue weighted by Gasteiger charge is -2.11. The quantitative estimate of drug-likeness (QED) is 0.185. The highest BCUT2D eigenvalue weighted by atomic mass is 35.5. The monoisotopic (exact) mass is 572 g/mol. The van der Waals surface area contributed by atoms with Gasteiger partial charge in [-0.05, 0) is 102 Å². The number of Topliss-reactive ketones (excluding diaryl/α,β-unsaturated/α-hetero) is 1. The molecule has 0 aromatic heterocycles. The Morgan fingerprint density at radius 2 is 1.23 bits per heavy atom. The van der Waals surface area contributed by atoms with Crippen LogP contribution in [0.1, 0.15) is 31.9 Å². The zero-order valence-corrected chi connectivity index (χ0v) is 24.1. The molecule has 1 unspecified atom stereocenters. The number of rotatable bonds is 6. The van der Waals surface area contributed by atoms with Crippen LogP contribution in [0.5, 0.6) is 5.75 Å². The molecule has 1 N–H and O–H groups in total. The first kappa shape index (κ1) is 29.1. The van der Waals surface area contributed by atoms with Gasteiger partial charge in [0.1, 0.15) is 5.75 Å². The van der Waals surface area contributed by atoms with Crippen LogP contribution in [0.25, 0.3) is 22.3 Å². The first-order chi connectivity index (χ1) is 19.1. The number of hydrogen-bond acceptors (Lipinski definition) is 3. The molecule has 204 valence electrons. The van der Waals surface area contributed by atoms with Crippen molar-refractivity contribution in [2.24, 2.45) is 5.92 Å². The van der Waals surface area contributed by atoms with Crippen LogP contribution in [0.3, 0.4) is 0 Å². The Bertz CT molecular complexity index is 1550. The van der Waals surface area contributed by atoms with Crippen LogP contribution in [-0.2, 0) is 22.4 Å². The molecule has 0 bridgehead atoms. The number of ether oxygens (including phenoxy) is 1. The van der Waals surface area contributed by atoms with Crippen LogP contribution < -0.4 is 4.74 Å². The van der Waals surface area contributed by atoms with Crippen molar-refractivity contribution in [2.45, 2.75) is 33.6 Å². The summed E-state index contributed by atoms with van der Waals surface area (Å²) in [6, 6.07) is 29.1. The van der Waals surface area contributed by atoms with Crippen LogP contribution in [0, 0.1) is 5.92 Å². The second-order valence-electron chi connectivity index (χ2n) is 9.96. The van der Waals surface area contributed by atoms with Gasteiger partial charge in [0.25, 0.3) is 0 Å². The van der Waals surface area contributed by atoms with Gasteiger partial charge in [-0.25, -0.2) is 0 Å². The topological polar surface area (TPSA) is 63.6 Å². The molecule has 1 aliphatic rings. The highest BCUT2D eigenvalue weighted by molar-refractivity contribution is 6.30. The molecule has 1 atom stereocenters. The Balaban J connectivity index is 0.000000186. The third-order valence-electron chi connectivity index (χ3n) is 6.67. The average Bonchev–Trinajstić information content (AvgIpc) is 3.37. The van der Waals surface area contributed by atoms with Crippen LogP contribution in [0.15, 0.2) is 102 Å². The van der Waals surface area contributed by atoms with E-state index in [1.54, 1.807) is 0 Å². The van der Waals surface area contributed by atoms with Crippen molar-refractivity contribution in [1.82, 2.24) is 0 Å². The summed E-state index contributed by atoms with van der Waals surface area (Å²) in [5.41, 5.74) is 7.45. The highest BCUT2D eigenvalue weighted by Gasteiger charge is 2.27. The van der Waals surface area contributed by atoms with Gasteiger partial charge in [0.05, 0.1) is 5.92 Å². The third kappa shape index (κ3) is 7.41. The molecule has 0 amide bonds. The number of hydrogen-bond donors (Lipinski definition) is 1. The highest BCUT2D eigenvalue weighted by Crippen LogP contribution is 2.32. The smallest absolute Gasteiger partial charge is 0.307 e. The first-order valence-corrected chi connectivity index (χ1v) is 13.7. The van der Waals surface area contributed by atoms with E-state index in [0.717, 1.165) is 44.0 Å². The molecule has 4 nitrogen and oxygen atoms in total. The maximum absolute atomic E-state index is 11.6. The maximum Gasteiger partial charge on any atom is 0.307 e. The molecule has 0 radical (unpaired) electrons. The summed E-state index contributed by atoms with van der Waals surface area (Å²) in [5.74, 6) is -0.0105. The number of fused-ring (bicyclic) bond motifs is 1. The van der Waals surface area contributed by atoms with Crippen molar-refractivity contribution in [3.8, 4) is 28.0 Å². The normalized spacial score (nSPS) is 13.5. The third-order valence-corrected chi connectivity index (χ3v) is 7.18. The van der Waals surface area contributed by atoms with Crippen LogP contribution in [-0.4, -0.2) is 16.9 Å². The lowest BCUT2D eigenvalue weighted by Crippen LogP contribution is -2.12. The van der Waals surface area contributed by atoms with Crippen molar-refractivity contribution in [3.05, 3.63) is 123 Å². The van der Waals surface area contributed by atoms with Crippen LogP contribution in [0.4, 0.5) is 0 Å². The molecule has 6 heteroatoms. The van der Waals surface area contributed by atoms with Crippen molar-refractivity contribution >= 4 is 35.0 Å². The molecule has 4 aromatic rings. The van der Waals surface area contributed by atoms with E-state index in [0.29, 0.717) is 29.4 Å². The minimum Gasteiger partial charge on any atom is -0.481 e. The Labute approximate surface area is 244 Å². The molecule has 0 heterocycles. The summed E-state index contributed by atoms with van der Waals surface area (Å²) in [6.07, 6.45) is 1.28. The molecular formula is C34H30Cl2O4. The largest absolute Gasteiger partial charge is 0.481 e. The molecule has 0 saturated carbocycles. The van der Waals surface area contributed by atoms with E-state index in [-0.39, 0.29) is 11.7 Å². The Morgan fingerprint density at radius 1 is 0.700 bits per heavy atom. The second-order valence-corrected chi connectivity index (χ2v) is 10.8. The lowest BCUT2D eigenvalue weighted by atomic mass is 10.0. The fourth-order valence-electron chi connectivity index (χ4n) is 4.64.